The van der Waals surface area contributed by atoms with E-state index >= 15 is 0 Å². The Hall–Kier alpha value is -1.79. The summed E-state index contributed by atoms with van der Waals surface area (Å²) in [4.78, 5) is 28.2. The normalized spacial score (nSPS) is 11.7. The smallest absolute Gasteiger partial charge is 0.242 e. The van der Waals surface area contributed by atoms with Crippen LogP contribution >= 0.6 is 27.7 Å². The average Bonchev–Trinajstić information content (AvgIpc) is 2.71. The summed E-state index contributed by atoms with van der Waals surface area (Å²) in [6.45, 7) is 4.85. The Balaban J connectivity index is 2.03. The van der Waals surface area contributed by atoms with E-state index in [1.807, 2.05) is 61.5 Å². The van der Waals surface area contributed by atoms with Gasteiger partial charge in [0.15, 0.2) is 0 Å². The molecular formula is C22H27BrN2O2S. The quantitative estimate of drug-likeness (QED) is 0.512. The monoisotopic (exact) mass is 462 g/mol. The minimum atomic E-state index is -0.510. The van der Waals surface area contributed by atoms with Crippen LogP contribution in [0.3, 0.4) is 0 Å². The van der Waals surface area contributed by atoms with Gasteiger partial charge in [0.2, 0.25) is 11.8 Å². The van der Waals surface area contributed by atoms with Crippen molar-refractivity contribution in [3.05, 3.63) is 64.6 Å². The summed E-state index contributed by atoms with van der Waals surface area (Å²) in [6.07, 6.45) is 1.26. The zero-order chi connectivity index (χ0) is 20.4. The number of carbonyl (C=O) groups excluding carboxylic acids is 2. The van der Waals surface area contributed by atoms with Gasteiger partial charge in [-0.1, -0.05) is 53.2 Å². The van der Waals surface area contributed by atoms with E-state index in [0.29, 0.717) is 25.3 Å². The Labute approximate surface area is 180 Å². The van der Waals surface area contributed by atoms with E-state index < -0.39 is 6.04 Å². The van der Waals surface area contributed by atoms with Crippen LogP contribution in [-0.4, -0.2) is 35.1 Å². The maximum absolute atomic E-state index is 12.9. The van der Waals surface area contributed by atoms with Gasteiger partial charge in [-0.3, -0.25) is 9.59 Å². The molecule has 4 nitrogen and oxygen atoms in total. The predicted octanol–water partition coefficient (Wildman–Crippen LogP) is 4.87. The summed E-state index contributed by atoms with van der Waals surface area (Å²) < 4.78 is 0.988. The lowest BCUT2D eigenvalue weighted by Crippen LogP contribution is -2.47. The van der Waals surface area contributed by atoms with Crippen LogP contribution in [-0.2, 0) is 16.1 Å². The molecule has 0 saturated heterocycles. The first kappa shape index (κ1) is 22.5. The van der Waals surface area contributed by atoms with E-state index in [2.05, 4.69) is 21.2 Å². The predicted molar refractivity (Wildman–Crippen MR) is 119 cm³/mol. The van der Waals surface area contributed by atoms with Crippen molar-refractivity contribution in [2.45, 2.75) is 44.2 Å². The van der Waals surface area contributed by atoms with Crippen LogP contribution < -0.4 is 5.32 Å². The highest BCUT2D eigenvalue weighted by atomic mass is 79.9. The van der Waals surface area contributed by atoms with Crippen molar-refractivity contribution in [2.24, 2.45) is 0 Å². The van der Waals surface area contributed by atoms with Crippen LogP contribution in [0.5, 0.6) is 0 Å². The summed E-state index contributed by atoms with van der Waals surface area (Å²) in [5.74, 6) is 0.566. The molecule has 0 aromatic heterocycles. The fourth-order valence-corrected chi connectivity index (χ4v) is 3.81. The van der Waals surface area contributed by atoms with Gasteiger partial charge in [0.25, 0.3) is 0 Å². The number of rotatable bonds is 10. The Bertz CT molecular complexity index is 753. The largest absolute Gasteiger partial charge is 0.354 e. The molecule has 0 fully saturated rings. The number of nitrogens with one attached hydrogen (secondary N) is 1. The highest BCUT2D eigenvalue weighted by Gasteiger charge is 2.25. The van der Waals surface area contributed by atoms with Gasteiger partial charge in [-0.05, 0) is 43.2 Å². The molecule has 28 heavy (non-hydrogen) atoms. The molecule has 2 rings (SSSR count). The van der Waals surface area contributed by atoms with Crippen molar-refractivity contribution < 1.29 is 9.59 Å². The average molecular weight is 463 g/mol. The van der Waals surface area contributed by atoms with Gasteiger partial charge in [-0.2, -0.15) is 0 Å². The van der Waals surface area contributed by atoms with Gasteiger partial charge in [-0.25, -0.2) is 0 Å². The van der Waals surface area contributed by atoms with Crippen molar-refractivity contribution in [1.29, 1.82) is 0 Å². The zero-order valence-electron chi connectivity index (χ0n) is 16.4. The second-order valence-corrected chi connectivity index (χ2v) is 8.61. The first-order valence-electron chi connectivity index (χ1n) is 9.50. The molecule has 0 saturated carbocycles. The standard InChI is InChI=1S/C22H27BrN2O2S/c1-3-14-24-22(27)17(2)25(16-18-9-11-19(23)12-10-18)21(26)13-15-28-20-7-5-4-6-8-20/h4-12,17H,3,13-16H2,1-2H3,(H,24,27)/t17-/m0/s1. The second-order valence-electron chi connectivity index (χ2n) is 6.53. The molecule has 0 radical (unpaired) electrons. The van der Waals surface area contributed by atoms with Crippen LogP contribution in [0.4, 0.5) is 0 Å². The summed E-state index contributed by atoms with van der Waals surface area (Å²) >= 11 is 5.08. The molecule has 2 amide bonds. The third-order valence-electron chi connectivity index (χ3n) is 4.31. The Morgan fingerprint density at radius 3 is 2.43 bits per heavy atom. The van der Waals surface area contributed by atoms with Crippen LogP contribution in [0, 0.1) is 0 Å². The molecule has 2 aromatic rings. The number of nitrogens with zero attached hydrogens (tertiary/aromatic N) is 1. The number of thioether (sulfide) groups is 1. The molecule has 6 heteroatoms. The van der Waals surface area contributed by atoms with Gasteiger partial charge in [0, 0.05) is 34.6 Å². The van der Waals surface area contributed by atoms with Gasteiger partial charge >= 0.3 is 0 Å². The number of hydrogen-bond acceptors (Lipinski definition) is 3. The van der Waals surface area contributed by atoms with Crippen molar-refractivity contribution >= 4 is 39.5 Å². The molecule has 0 aliphatic rings. The second kappa shape index (κ2) is 11.9. The maximum atomic E-state index is 12.9. The van der Waals surface area contributed by atoms with E-state index in [1.54, 1.807) is 23.6 Å². The summed E-state index contributed by atoms with van der Waals surface area (Å²) in [7, 11) is 0. The zero-order valence-corrected chi connectivity index (χ0v) is 18.8. The molecule has 1 N–H and O–H groups in total. The molecule has 2 aromatic carbocycles. The molecular weight excluding hydrogens is 436 g/mol. The van der Waals surface area contributed by atoms with E-state index in [0.717, 1.165) is 21.4 Å². The first-order valence-corrected chi connectivity index (χ1v) is 11.3. The molecule has 150 valence electrons. The third-order valence-corrected chi connectivity index (χ3v) is 5.85. The number of benzene rings is 2. The van der Waals surface area contributed by atoms with E-state index in [1.165, 1.54) is 0 Å². The van der Waals surface area contributed by atoms with Crippen LogP contribution in [0.15, 0.2) is 64.0 Å². The fourth-order valence-electron chi connectivity index (χ4n) is 2.68. The van der Waals surface area contributed by atoms with Crippen LogP contribution in [0.2, 0.25) is 0 Å². The maximum Gasteiger partial charge on any atom is 0.242 e. The van der Waals surface area contributed by atoms with Crippen molar-refractivity contribution in [1.82, 2.24) is 10.2 Å². The lowest BCUT2D eigenvalue weighted by molar-refractivity contribution is -0.140. The number of carbonyl (C=O) groups is 2. The van der Waals surface area contributed by atoms with Crippen LogP contribution in [0.25, 0.3) is 0 Å². The highest BCUT2D eigenvalue weighted by molar-refractivity contribution is 9.10. The fraction of sp³-hybridized carbons (Fsp3) is 0.364. The first-order chi connectivity index (χ1) is 13.5. The van der Waals surface area contributed by atoms with Crippen molar-refractivity contribution in [2.75, 3.05) is 12.3 Å². The third kappa shape index (κ3) is 7.32. The van der Waals surface area contributed by atoms with Gasteiger partial charge in [-0.15, -0.1) is 11.8 Å². The van der Waals surface area contributed by atoms with Gasteiger partial charge in [0.1, 0.15) is 6.04 Å². The highest BCUT2D eigenvalue weighted by Crippen LogP contribution is 2.20. The minimum absolute atomic E-state index is 0.00880. The summed E-state index contributed by atoms with van der Waals surface area (Å²) in [5, 5.41) is 2.90. The lowest BCUT2D eigenvalue weighted by Gasteiger charge is -2.29. The lowest BCUT2D eigenvalue weighted by atomic mass is 10.1. The molecule has 0 unspecified atom stereocenters. The SMILES string of the molecule is CCCNC(=O)[C@H](C)N(Cc1ccc(Br)cc1)C(=O)CCSc1ccccc1. The van der Waals surface area contributed by atoms with Gasteiger partial charge < -0.3 is 10.2 Å². The Morgan fingerprint density at radius 1 is 1.11 bits per heavy atom. The van der Waals surface area contributed by atoms with E-state index in [4.69, 9.17) is 0 Å². The Morgan fingerprint density at radius 2 is 1.79 bits per heavy atom. The van der Waals surface area contributed by atoms with E-state index in [-0.39, 0.29) is 11.8 Å². The van der Waals surface area contributed by atoms with Crippen LogP contribution in [0.1, 0.15) is 32.3 Å². The molecule has 0 aliphatic heterocycles. The molecule has 1 atom stereocenters. The molecule has 0 heterocycles. The Kier molecular flexibility index (Phi) is 9.58. The molecule has 0 spiro atoms. The topological polar surface area (TPSA) is 49.4 Å². The van der Waals surface area contributed by atoms with E-state index in [9.17, 15) is 9.59 Å². The molecule has 0 aliphatic carbocycles. The number of amides is 2. The number of hydrogen-bond donors (Lipinski definition) is 1. The summed E-state index contributed by atoms with van der Waals surface area (Å²) in [6, 6.07) is 17.4. The number of halogens is 1. The van der Waals surface area contributed by atoms with Crippen molar-refractivity contribution in [3.63, 3.8) is 0 Å². The van der Waals surface area contributed by atoms with Gasteiger partial charge in [0.05, 0.1) is 0 Å². The van der Waals surface area contributed by atoms with Crippen molar-refractivity contribution in [3.8, 4) is 0 Å². The molecule has 0 bridgehead atoms. The summed E-state index contributed by atoms with van der Waals surface area (Å²) in [5.41, 5.74) is 1.00. The minimum Gasteiger partial charge on any atom is -0.354 e.